The fraction of sp³-hybridized carbons (Fsp3) is 0.375. The van der Waals surface area contributed by atoms with Gasteiger partial charge in [0, 0.05) is 11.1 Å². The lowest BCUT2D eigenvalue weighted by Gasteiger charge is -2.09. The van der Waals surface area contributed by atoms with Crippen molar-refractivity contribution in [1.29, 1.82) is 5.26 Å². The highest BCUT2D eigenvalue weighted by molar-refractivity contribution is 7.97. The summed E-state index contributed by atoms with van der Waals surface area (Å²) in [4.78, 5) is 5.26. The van der Waals surface area contributed by atoms with Crippen LogP contribution in [-0.2, 0) is 5.67 Å². The van der Waals surface area contributed by atoms with E-state index in [9.17, 15) is 9.65 Å². The number of nitrogens with one attached hydrogen (secondary N) is 1. The van der Waals surface area contributed by atoms with E-state index >= 15 is 0 Å². The van der Waals surface area contributed by atoms with Crippen molar-refractivity contribution in [1.82, 2.24) is 24.3 Å². The third-order valence-electron chi connectivity index (χ3n) is 4.58. The molecular formula is C16H12ClFN6S2. The Labute approximate surface area is 161 Å². The SMILES string of the molecule is N#CC1(NSc2cc(Cl)c3cnc(-c4nnc(C5(F)CC5)s4)n3c2)CC1. The molecule has 0 unspecified atom stereocenters. The second kappa shape index (κ2) is 5.63. The van der Waals surface area contributed by atoms with Gasteiger partial charge < -0.3 is 0 Å². The summed E-state index contributed by atoms with van der Waals surface area (Å²) in [6, 6.07) is 4.13. The van der Waals surface area contributed by atoms with E-state index < -0.39 is 11.2 Å². The van der Waals surface area contributed by atoms with Crippen LogP contribution in [0, 0.1) is 11.3 Å². The van der Waals surface area contributed by atoms with Crippen molar-refractivity contribution in [2.24, 2.45) is 0 Å². The summed E-state index contributed by atoms with van der Waals surface area (Å²) in [7, 11) is 0. The number of hydrogen-bond donors (Lipinski definition) is 1. The Kier molecular flexibility index (Phi) is 3.56. The number of nitriles is 1. The van der Waals surface area contributed by atoms with Gasteiger partial charge in [-0.15, -0.1) is 10.2 Å². The fourth-order valence-electron chi connectivity index (χ4n) is 2.58. The quantitative estimate of drug-likeness (QED) is 0.642. The molecule has 0 saturated heterocycles. The molecule has 132 valence electrons. The summed E-state index contributed by atoms with van der Waals surface area (Å²) in [6.07, 6.45) is 6.26. The third kappa shape index (κ3) is 2.68. The fourth-order valence-corrected chi connectivity index (χ4v) is 4.78. The first-order valence-corrected chi connectivity index (χ1v) is 10.1. The van der Waals surface area contributed by atoms with Crippen molar-refractivity contribution in [2.75, 3.05) is 0 Å². The van der Waals surface area contributed by atoms with E-state index in [1.807, 2.05) is 16.7 Å². The monoisotopic (exact) mass is 406 g/mol. The second-order valence-electron chi connectivity index (χ2n) is 6.64. The molecule has 5 rings (SSSR count). The van der Waals surface area contributed by atoms with Crippen LogP contribution in [0.2, 0.25) is 5.02 Å². The van der Waals surface area contributed by atoms with Crippen molar-refractivity contribution in [3.8, 4) is 16.9 Å². The van der Waals surface area contributed by atoms with Gasteiger partial charge in [0.15, 0.2) is 21.5 Å². The highest BCUT2D eigenvalue weighted by atomic mass is 35.5. The standard InChI is InChI=1S/C16H12ClFN6S2/c17-10-5-9(26-23-15(8-19)1-2-15)7-24-11(10)6-20-12(24)13-21-22-14(25-13)16(18)3-4-16/h5-7,23H,1-4H2. The Bertz CT molecular complexity index is 1060. The molecule has 2 fully saturated rings. The number of alkyl halides is 1. The van der Waals surface area contributed by atoms with Crippen LogP contribution in [0.15, 0.2) is 23.4 Å². The maximum atomic E-state index is 14.2. The molecule has 2 aliphatic carbocycles. The molecule has 0 amide bonds. The number of pyridine rings is 1. The zero-order valence-electron chi connectivity index (χ0n) is 13.4. The van der Waals surface area contributed by atoms with E-state index in [0.29, 0.717) is 33.7 Å². The minimum Gasteiger partial charge on any atom is -0.295 e. The average molecular weight is 407 g/mol. The summed E-state index contributed by atoms with van der Waals surface area (Å²) in [5, 5.41) is 18.8. The zero-order valence-corrected chi connectivity index (χ0v) is 15.8. The van der Waals surface area contributed by atoms with Crippen LogP contribution >= 0.6 is 34.9 Å². The first-order valence-electron chi connectivity index (χ1n) is 8.07. The van der Waals surface area contributed by atoms with Gasteiger partial charge in [-0.2, -0.15) is 5.26 Å². The van der Waals surface area contributed by atoms with E-state index in [4.69, 9.17) is 11.6 Å². The number of rotatable bonds is 5. The normalized spacial score (nSPS) is 19.4. The van der Waals surface area contributed by atoms with E-state index in [-0.39, 0.29) is 0 Å². The molecule has 6 nitrogen and oxygen atoms in total. The molecule has 0 bridgehead atoms. The van der Waals surface area contributed by atoms with Gasteiger partial charge in [-0.25, -0.2) is 14.1 Å². The highest BCUT2D eigenvalue weighted by Gasteiger charge is 2.48. The number of aromatic nitrogens is 4. The Hall–Kier alpha value is -1.73. The van der Waals surface area contributed by atoms with Crippen LogP contribution < -0.4 is 4.72 Å². The van der Waals surface area contributed by atoms with Crippen LogP contribution in [0.5, 0.6) is 0 Å². The number of fused-ring (bicyclic) bond motifs is 1. The van der Waals surface area contributed by atoms with Gasteiger partial charge in [-0.05, 0) is 43.7 Å². The van der Waals surface area contributed by atoms with Gasteiger partial charge >= 0.3 is 0 Å². The largest absolute Gasteiger partial charge is 0.295 e. The second-order valence-corrected chi connectivity index (χ2v) is 8.90. The number of halogens is 2. The number of nitrogens with zero attached hydrogens (tertiary/aromatic N) is 5. The van der Waals surface area contributed by atoms with Gasteiger partial charge in [0.05, 0.1) is 22.8 Å². The smallest absolute Gasteiger partial charge is 0.184 e. The molecular weight excluding hydrogens is 395 g/mol. The first kappa shape index (κ1) is 16.4. The maximum Gasteiger partial charge on any atom is 0.184 e. The highest BCUT2D eigenvalue weighted by Crippen LogP contribution is 2.51. The number of imidazole rings is 1. The molecule has 0 spiro atoms. The lowest BCUT2D eigenvalue weighted by molar-refractivity contribution is 0.314. The van der Waals surface area contributed by atoms with Crippen LogP contribution in [0.25, 0.3) is 16.3 Å². The third-order valence-corrected chi connectivity index (χ3v) is 6.94. The average Bonchev–Trinajstić information content (AvgIpc) is 3.46. The van der Waals surface area contributed by atoms with Crippen molar-refractivity contribution in [2.45, 2.75) is 41.8 Å². The van der Waals surface area contributed by atoms with Gasteiger partial charge in [-0.3, -0.25) is 4.40 Å². The van der Waals surface area contributed by atoms with Gasteiger partial charge in [0.25, 0.3) is 0 Å². The topological polar surface area (TPSA) is 78.9 Å². The van der Waals surface area contributed by atoms with Gasteiger partial charge in [0.1, 0.15) is 5.54 Å². The van der Waals surface area contributed by atoms with Crippen molar-refractivity contribution in [3.63, 3.8) is 0 Å². The summed E-state index contributed by atoms with van der Waals surface area (Å²) in [5.41, 5.74) is -0.996. The molecule has 26 heavy (non-hydrogen) atoms. The van der Waals surface area contributed by atoms with Crippen molar-refractivity contribution in [3.05, 3.63) is 28.5 Å². The lowest BCUT2D eigenvalue weighted by atomic mass is 10.3. The predicted octanol–water partition coefficient (Wildman–Crippen LogP) is 4.12. The Morgan fingerprint density at radius 3 is 2.85 bits per heavy atom. The van der Waals surface area contributed by atoms with Crippen molar-refractivity contribution < 1.29 is 4.39 Å². The Morgan fingerprint density at radius 2 is 2.15 bits per heavy atom. The Morgan fingerprint density at radius 1 is 1.35 bits per heavy atom. The molecule has 3 aromatic rings. The van der Waals surface area contributed by atoms with Crippen LogP contribution in [-0.4, -0.2) is 25.1 Å². The molecule has 2 saturated carbocycles. The molecule has 0 radical (unpaired) electrons. The summed E-state index contributed by atoms with van der Waals surface area (Å²) < 4.78 is 19.2. The minimum atomic E-state index is -1.30. The van der Waals surface area contributed by atoms with Crippen LogP contribution in [0.3, 0.4) is 0 Å². The summed E-state index contributed by atoms with van der Waals surface area (Å²) in [6.45, 7) is 0. The molecule has 0 aliphatic heterocycles. The first-order chi connectivity index (χ1) is 12.5. The predicted molar refractivity (Wildman–Crippen MR) is 97.7 cm³/mol. The lowest BCUT2D eigenvalue weighted by Crippen LogP contribution is -2.22. The molecule has 0 aromatic carbocycles. The van der Waals surface area contributed by atoms with Crippen LogP contribution in [0.1, 0.15) is 30.7 Å². The molecule has 3 heterocycles. The van der Waals surface area contributed by atoms with Crippen molar-refractivity contribution >= 4 is 40.4 Å². The van der Waals surface area contributed by atoms with E-state index in [0.717, 1.165) is 23.3 Å². The molecule has 0 atom stereocenters. The Balaban J connectivity index is 1.50. The number of hydrogen-bond acceptors (Lipinski definition) is 7. The molecule has 2 aliphatic rings. The minimum absolute atomic E-state index is 0.409. The molecule has 1 N–H and O–H groups in total. The molecule has 3 aromatic heterocycles. The summed E-state index contributed by atoms with van der Waals surface area (Å²) in [5.74, 6) is 0.582. The van der Waals surface area contributed by atoms with Gasteiger partial charge in [-0.1, -0.05) is 22.9 Å². The van der Waals surface area contributed by atoms with Crippen LogP contribution in [0.4, 0.5) is 4.39 Å². The van der Waals surface area contributed by atoms with E-state index in [1.54, 1.807) is 6.20 Å². The van der Waals surface area contributed by atoms with Gasteiger partial charge in [0.2, 0.25) is 0 Å². The maximum absolute atomic E-state index is 14.2. The summed E-state index contributed by atoms with van der Waals surface area (Å²) >= 11 is 8.99. The zero-order chi connectivity index (χ0) is 17.9. The molecule has 10 heteroatoms. The van der Waals surface area contributed by atoms with E-state index in [2.05, 4.69) is 26.0 Å². The van der Waals surface area contributed by atoms with E-state index in [1.165, 1.54) is 23.3 Å².